The summed E-state index contributed by atoms with van der Waals surface area (Å²) in [4.78, 5) is 0. The maximum absolute atomic E-state index is 12.0. The van der Waals surface area contributed by atoms with Crippen LogP contribution in [0, 0.1) is 0 Å². The lowest BCUT2D eigenvalue weighted by Crippen LogP contribution is -2.18. The third-order valence-corrected chi connectivity index (χ3v) is 0.998. The van der Waals surface area contributed by atoms with Gasteiger partial charge < -0.3 is 4.74 Å². The molecule has 0 atom stereocenters. The van der Waals surface area contributed by atoms with Crippen LogP contribution in [-0.2, 0) is 4.74 Å². The summed E-state index contributed by atoms with van der Waals surface area (Å²) in [7, 11) is 0. The van der Waals surface area contributed by atoms with E-state index in [1.54, 1.807) is 0 Å². The molecular formula is C7H14F2O. The molecule has 1 nitrogen and oxygen atoms in total. The van der Waals surface area contributed by atoms with Crippen molar-refractivity contribution in [2.24, 2.45) is 0 Å². The van der Waals surface area contributed by atoms with Gasteiger partial charge in [-0.3, -0.25) is 0 Å². The predicted molar refractivity (Wildman–Crippen MR) is 36.3 cm³/mol. The molecule has 0 fully saturated rings. The first-order valence-electron chi connectivity index (χ1n) is 3.52. The Hall–Kier alpha value is -0.180. The van der Waals surface area contributed by atoms with Gasteiger partial charge in [-0.2, -0.15) is 0 Å². The molecule has 0 spiro atoms. The first-order chi connectivity index (χ1) is 4.56. The molecule has 0 aliphatic carbocycles. The second-order valence-electron chi connectivity index (χ2n) is 2.48. The SMILES string of the molecule is CCCCOCC(C)(F)F. The molecule has 62 valence electrons. The number of ether oxygens (including phenoxy) is 1. The van der Waals surface area contributed by atoms with Crippen LogP contribution >= 0.6 is 0 Å². The van der Waals surface area contributed by atoms with Gasteiger partial charge in [0, 0.05) is 13.5 Å². The fourth-order valence-corrected chi connectivity index (χ4v) is 0.498. The molecule has 0 aromatic heterocycles. The van der Waals surface area contributed by atoms with Crippen LogP contribution in [0.2, 0.25) is 0 Å². The van der Waals surface area contributed by atoms with Crippen molar-refractivity contribution in [3.8, 4) is 0 Å². The summed E-state index contributed by atoms with van der Waals surface area (Å²) in [6.45, 7) is 2.85. The molecule has 0 aromatic rings. The van der Waals surface area contributed by atoms with E-state index in [4.69, 9.17) is 0 Å². The molecule has 10 heavy (non-hydrogen) atoms. The van der Waals surface area contributed by atoms with Crippen LogP contribution in [0.25, 0.3) is 0 Å². The highest BCUT2D eigenvalue weighted by atomic mass is 19.3. The van der Waals surface area contributed by atoms with Crippen molar-refractivity contribution in [3.63, 3.8) is 0 Å². The molecule has 0 aromatic carbocycles. The Balaban J connectivity index is 3.04. The molecule has 0 unspecified atom stereocenters. The van der Waals surface area contributed by atoms with Crippen LogP contribution < -0.4 is 0 Å². The maximum atomic E-state index is 12.0. The largest absolute Gasteiger partial charge is 0.375 e. The molecule has 0 heterocycles. The second kappa shape index (κ2) is 4.61. The van der Waals surface area contributed by atoms with E-state index in [1.807, 2.05) is 6.92 Å². The summed E-state index contributed by atoms with van der Waals surface area (Å²) in [6.07, 6.45) is 1.84. The van der Waals surface area contributed by atoms with E-state index < -0.39 is 12.5 Å². The fourth-order valence-electron chi connectivity index (χ4n) is 0.498. The highest BCUT2D eigenvalue weighted by molar-refractivity contribution is 4.54. The second-order valence-corrected chi connectivity index (χ2v) is 2.48. The highest BCUT2D eigenvalue weighted by Crippen LogP contribution is 2.11. The van der Waals surface area contributed by atoms with Crippen molar-refractivity contribution in [2.45, 2.75) is 32.6 Å². The van der Waals surface area contributed by atoms with Crippen molar-refractivity contribution < 1.29 is 13.5 Å². The average Bonchev–Trinajstić information content (AvgIpc) is 1.78. The van der Waals surface area contributed by atoms with Crippen molar-refractivity contribution in [3.05, 3.63) is 0 Å². The summed E-state index contributed by atoms with van der Waals surface area (Å²) >= 11 is 0. The van der Waals surface area contributed by atoms with E-state index in [1.165, 1.54) is 0 Å². The van der Waals surface area contributed by atoms with Crippen LogP contribution in [0.15, 0.2) is 0 Å². The normalized spacial score (nSPS) is 12.0. The monoisotopic (exact) mass is 152 g/mol. The van der Waals surface area contributed by atoms with Crippen LogP contribution in [0.5, 0.6) is 0 Å². The summed E-state index contributed by atoms with van der Waals surface area (Å²) < 4.78 is 28.7. The fraction of sp³-hybridized carbons (Fsp3) is 1.00. The zero-order valence-electron chi connectivity index (χ0n) is 6.49. The smallest absolute Gasteiger partial charge is 0.268 e. The van der Waals surface area contributed by atoms with Gasteiger partial charge in [0.1, 0.15) is 6.61 Å². The molecule has 0 bridgehead atoms. The Bertz CT molecular complexity index is 78.2. The summed E-state index contributed by atoms with van der Waals surface area (Å²) in [5.74, 6) is -2.67. The zero-order valence-corrected chi connectivity index (χ0v) is 6.49. The van der Waals surface area contributed by atoms with E-state index in [2.05, 4.69) is 4.74 Å². The third-order valence-electron chi connectivity index (χ3n) is 0.998. The first-order valence-corrected chi connectivity index (χ1v) is 3.52. The van der Waals surface area contributed by atoms with Crippen molar-refractivity contribution in [1.82, 2.24) is 0 Å². The molecule has 0 N–H and O–H groups in total. The summed E-state index contributed by atoms with van der Waals surface area (Å²) in [6, 6.07) is 0. The Morgan fingerprint density at radius 1 is 1.40 bits per heavy atom. The molecule has 0 aliphatic heterocycles. The van der Waals surface area contributed by atoms with Crippen LogP contribution in [0.4, 0.5) is 8.78 Å². The van der Waals surface area contributed by atoms with E-state index in [0.29, 0.717) is 6.61 Å². The van der Waals surface area contributed by atoms with Crippen LogP contribution in [-0.4, -0.2) is 19.1 Å². The van der Waals surface area contributed by atoms with E-state index in [9.17, 15) is 8.78 Å². The minimum atomic E-state index is -2.67. The van der Waals surface area contributed by atoms with Gasteiger partial charge in [-0.25, -0.2) is 8.78 Å². The standard InChI is InChI=1S/C7H14F2O/c1-3-4-5-10-6-7(2,8)9/h3-6H2,1-2H3. The molecule has 0 saturated carbocycles. The van der Waals surface area contributed by atoms with E-state index >= 15 is 0 Å². The van der Waals surface area contributed by atoms with Gasteiger partial charge in [0.25, 0.3) is 5.92 Å². The Morgan fingerprint density at radius 3 is 2.40 bits per heavy atom. The van der Waals surface area contributed by atoms with E-state index in [0.717, 1.165) is 19.8 Å². The topological polar surface area (TPSA) is 9.23 Å². The highest BCUT2D eigenvalue weighted by Gasteiger charge is 2.20. The minimum Gasteiger partial charge on any atom is -0.375 e. The van der Waals surface area contributed by atoms with Crippen molar-refractivity contribution in [2.75, 3.05) is 13.2 Å². The summed E-state index contributed by atoms with van der Waals surface area (Å²) in [5.41, 5.74) is 0. The van der Waals surface area contributed by atoms with Gasteiger partial charge >= 0.3 is 0 Å². The zero-order chi connectivity index (χ0) is 8.04. The number of rotatable bonds is 5. The summed E-state index contributed by atoms with van der Waals surface area (Å²) in [5, 5.41) is 0. The quantitative estimate of drug-likeness (QED) is 0.550. The van der Waals surface area contributed by atoms with Gasteiger partial charge in [-0.15, -0.1) is 0 Å². The Morgan fingerprint density at radius 2 is 2.00 bits per heavy atom. The van der Waals surface area contributed by atoms with Crippen molar-refractivity contribution >= 4 is 0 Å². The maximum Gasteiger partial charge on any atom is 0.268 e. The van der Waals surface area contributed by atoms with Gasteiger partial charge in [-0.05, 0) is 6.42 Å². The lowest BCUT2D eigenvalue weighted by atomic mass is 10.3. The van der Waals surface area contributed by atoms with Crippen LogP contribution in [0.3, 0.4) is 0 Å². The first kappa shape index (κ1) is 9.82. The minimum absolute atomic E-state index is 0.444. The molecule has 0 aliphatic rings. The third kappa shape index (κ3) is 7.82. The van der Waals surface area contributed by atoms with Crippen molar-refractivity contribution in [1.29, 1.82) is 0 Å². The number of halogens is 2. The van der Waals surface area contributed by atoms with Crippen LogP contribution in [0.1, 0.15) is 26.7 Å². The lowest BCUT2D eigenvalue weighted by molar-refractivity contribution is -0.0627. The molecule has 0 rings (SSSR count). The number of unbranched alkanes of at least 4 members (excludes halogenated alkanes) is 1. The lowest BCUT2D eigenvalue weighted by Gasteiger charge is -2.09. The predicted octanol–water partition coefficient (Wildman–Crippen LogP) is 2.46. The van der Waals surface area contributed by atoms with E-state index in [-0.39, 0.29) is 0 Å². The molecule has 3 heteroatoms. The molecular weight excluding hydrogens is 138 g/mol. The van der Waals surface area contributed by atoms with Gasteiger partial charge in [0.2, 0.25) is 0 Å². The molecule has 0 saturated heterocycles. The number of hydrogen-bond donors (Lipinski definition) is 0. The average molecular weight is 152 g/mol. The molecule has 0 amide bonds. The number of hydrogen-bond acceptors (Lipinski definition) is 1. The Kier molecular flexibility index (Phi) is 4.52. The number of alkyl halides is 2. The van der Waals surface area contributed by atoms with Gasteiger partial charge in [0.15, 0.2) is 0 Å². The van der Waals surface area contributed by atoms with Gasteiger partial charge in [0.05, 0.1) is 0 Å². The van der Waals surface area contributed by atoms with Gasteiger partial charge in [-0.1, -0.05) is 13.3 Å². The molecule has 0 radical (unpaired) electrons. The Labute approximate surface area is 60.4 Å².